The zero-order valence-corrected chi connectivity index (χ0v) is 16.8. The van der Waals surface area contributed by atoms with Crippen molar-refractivity contribution in [2.75, 3.05) is 0 Å². The number of hydrogen-bond donors (Lipinski definition) is 0. The van der Waals surface area contributed by atoms with Gasteiger partial charge in [-0.1, -0.05) is 25.1 Å². The van der Waals surface area contributed by atoms with Crippen molar-refractivity contribution >= 4 is 11.3 Å². The lowest BCUT2D eigenvalue weighted by Gasteiger charge is -2.11. The lowest BCUT2D eigenvalue weighted by molar-refractivity contribution is 0.242. The summed E-state index contributed by atoms with van der Waals surface area (Å²) in [6.07, 6.45) is 2.46. The first-order valence-corrected chi connectivity index (χ1v) is 10.3. The van der Waals surface area contributed by atoms with Crippen LogP contribution in [0.5, 0.6) is 5.75 Å². The molecule has 0 unspecified atom stereocenters. The Hall–Kier alpha value is -2.57. The Morgan fingerprint density at radius 2 is 1.93 bits per heavy atom. The Morgan fingerprint density at radius 3 is 2.70 bits per heavy atom. The van der Waals surface area contributed by atoms with Crippen LogP contribution in [0.3, 0.4) is 0 Å². The highest BCUT2D eigenvalue weighted by Gasteiger charge is 2.22. The Bertz CT molecular complexity index is 1030. The van der Waals surface area contributed by atoms with E-state index >= 15 is 0 Å². The highest BCUT2D eigenvalue weighted by molar-refractivity contribution is 7.18. The molecule has 3 heteroatoms. The second-order valence-electron chi connectivity index (χ2n) is 7.47. The van der Waals surface area contributed by atoms with E-state index in [-0.39, 0.29) is 6.10 Å². The summed E-state index contributed by atoms with van der Waals surface area (Å²) in [5, 5.41) is 9.49. The van der Waals surface area contributed by atoms with Crippen molar-refractivity contribution in [3.05, 3.63) is 65.2 Å². The van der Waals surface area contributed by atoms with Crippen molar-refractivity contribution in [3.8, 4) is 32.7 Å². The topological polar surface area (TPSA) is 33.0 Å². The Kier molecular flexibility index (Phi) is 4.76. The van der Waals surface area contributed by atoms with Gasteiger partial charge in [0.25, 0.3) is 0 Å². The standard InChI is InChI=1S/C24H23NOS/c1-15(2)26-22-10-8-17(13-18(22)14-25)23-11-12-24(27-23)21-6-4-5-19-16(3)7-9-20(19)21/h4-6,8,10-13,15-16H,7,9H2,1-3H3/t16-/m1/s1. The van der Waals surface area contributed by atoms with Crippen LogP contribution in [0.4, 0.5) is 0 Å². The van der Waals surface area contributed by atoms with Crippen LogP contribution in [0.25, 0.3) is 20.9 Å². The van der Waals surface area contributed by atoms with Crippen LogP contribution in [0.1, 0.15) is 49.8 Å². The summed E-state index contributed by atoms with van der Waals surface area (Å²) in [6, 6.07) is 19.2. The van der Waals surface area contributed by atoms with E-state index < -0.39 is 0 Å². The Labute approximate surface area is 165 Å². The van der Waals surface area contributed by atoms with Crippen LogP contribution in [0, 0.1) is 11.3 Å². The molecule has 0 spiro atoms. The molecule has 0 saturated heterocycles. The van der Waals surface area contributed by atoms with Gasteiger partial charge in [0.2, 0.25) is 0 Å². The van der Waals surface area contributed by atoms with Crippen molar-refractivity contribution in [1.82, 2.24) is 0 Å². The average Bonchev–Trinajstić information content (AvgIpc) is 3.29. The first-order chi connectivity index (χ1) is 13.1. The van der Waals surface area contributed by atoms with Crippen molar-refractivity contribution in [2.45, 2.75) is 45.6 Å². The lowest BCUT2D eigenvalue weighted by Crippen LogP contribution is -2.06. The van der Waals surface area contributed by atoms with Crippen molar-refractivity contribution in [2.24, 2.45) is 0 Å². The van der Waals surface area contributed by atoms with Gasteiger partial charge in [0.05, 0.1) is 11.7 Å². The van der Waals surface area contributed by atoms with Crippen molar-refractivity contribution in [1.29, 1.82) is 5.26 Å². The molecular formula is C24H23NOS. The van der Waals surface area contributed by atoms with E-state index in [1.807, 2.05) is 32.0 Å². The molecule has 0 aliphatic heterocycles. The molecule has 1 aliphatic rings. The number of hydrogen-bond acceptors (Lipinski definition) is 3. The maximum absolute atomic E-state index is 9.49. The normalized spacial score (nSPS) is 15.6. The number of rotatable bonds is 4. The number of ether oxygens (including phenoxy) is 1. The van der Waals surface area contributed by atoms with Gasteiger partial charge in [0.15, 0.2) is 0 Å². The molecule has 1 aromatic heterocycles. The van der Waals surface area contributed by atoms with E-state index in [1.165, 1.54) is 39.3 Å². The predicted molar refractivity (Wildman–Crippen MR) is 112 cm³/mol. The molecule has 0 saturated carbocycles. The number of thiophene rings is 1. The maximum atomic E-state index is 9.49. The van der Waals surface area contributed by atoms with Crippen LogP contribution in [0.15, 0.2) is 48.5 Å². The summed E-state index contributed by atoms with van der Waals surface area (Å²) >= 11 is 1.80. The fourth-order valence-electron chi connectivity index (χ4n) is 3.86. The van der Waals surface area contributed by atoms with Gasteiger partial charge in [-0.2, -0.15) is 5.26 Å². The summed E-state index contributed by atoms with van der Waals surface area (Å²) in [5.41, 5.74) is 6.04. The van der Waals surface area contributed by atoms with Gasteiger partial charge in [-0.25, -0.2) is 0 Å². The van der Waals surface area contributed by atoms with Crippen LogP contribution in [-0.4, -0.2) is 6.10 Å². The third-order valence-electron chi connectivity index (χ3n) is 5.19. The molecule has 0 bridgehead atoms. The first-order valence-electron chi connectivity index (χ1n) is 9.50. The zero-order chi connectivity index (χ0) is 19.0. The number of nitrogens with zero attached hydrogens (tertiary/aromatic N) is 1. The number of benzene rings is 2. The minimum atomic E-state index is 0.0545. The van der Waals surface area contributed by atoms with E-state index in [4.69, 9.17) is 4.74 Å². The van der Waals surface area contributed by atoms with Crippen LogP contribution in [-0.2, 0) is 6.42 Å². The quantitative estimate of drug-likeness (QED) is 0.504. The molecule has 2 nitrogen and oxygen atoms in total. The van der Waals surface area contributed by atoms with Gasteiger partial charge in [0.1, 0.15) is 11.8 Å². The molecule has 0 amide bonds. The predicted octanol–water partition coefficient (Wildman–Crippen LogP) is 6.79. The van der Waals surface area contributed by atoms with Gasteiger partial charge < -0.3 is 4.74 Å². The van der Waals surface area contributed by atoms with Gasteiger partial charge >= 0.3 is 0 Å². The van der Waals surface area contributed by atoms with E-state index in [2.05, 4.69) is 43.3 Å². The largest absolute Gasteiger partial charge is 0.490 e. The summed E-state index contributed by atoms with van der Waals surface area (Å²) in [6.45, 7) is 6.26. The van der Waals surface area contributed by atoms with E-state index in [0.717, 1.165) is 5.56 Å². The maximum Gasteiger partial charge on any atom is 0.137 e. The molecule has 4 rings (SSSR count). The van der Waals surface area contributed by atoms with Gasteiger partial charge in [-0.15, -0.1) is 11.3 Å². The minimum Gasteiger partial charge on any atom is -0.490 e. The molecule has 1 atom stereocenters. The third-order valence-corrected chi connectivity index (χ3v) is 6.36. The van der Waals surface area contributed by atoms with Crippen LogP contribution in [0.2, 0.25) is 0 Å². The van der Waals surface area contributed by atoms with Crippen molar-refractivity contribution in [3.63, 3.8) is 0 Å². The molecule has 0 radical (unpaired) electrons. The highest BCUT2D eigenvalue weighted by atomic mass is 32.1. The molecule has 0 N–H and O–H groups in total. The average molecular weight is 374 g/mol. The molecule has 27 heavy (non-hydrogen) atoms. The number of fused-ring (bicyclic) bond motifs is 1. The van der Waals surface area contributed by atoms with E-state index in [1.54, 1.807) is 11.3 Å². The van der Waals surface area contributed by atoms with Crippen molar-refractivity contribution < 1.29 is 4.74 Å². The monoisotopic (exact) mass is 373 g/mol. The summed E-state index contributed by atoms with van der Waals surface area (Å²) < 4.78 is 5.74. The summed E-state index contributed by atoms with van der Waals surface area (Å²) in [4.78, 5) is 2.48. The first kappa shape index (κ1) is 17.8. The minimum absolute atomic E-state index is 0.0545. The lowest BCUT2D eigenvalue weighted by atomic mass is 9.99. The van der Waals surface area contributed by atoms with Gasteiger partial charge in [0, 0.05) is 9.75 Å². The molecule has 0 fully saturated rings. The van der Waals surface area contributed by atoms with E-state index in [0.29, 0.717) is 17.2 Å². The molecular weight excluding hydrogens is 350 g/mol. The molecule has 1 aliphatic carbocycles. The summed E-state index contributed by atoms with van der Waals surface area (Å²) in [5.74, 6) is 1.31. The molecule has 3 aromatic rings. The molecule has 2 aromatic carbocycles. The highest BCUT2D eigenvalue weighted by Crippen LogP contribution is 2.42. The fraction of sp³-hybridized carbons (Fsp3) is 0.292. The smallest absolute Gasteiger partial charge is 0.137 e. The second kappa shape index (κ2) is 7.21. The Balaban J connectivity index is 1.69. The fourth-order valence-corrected chi connectivity index (χ4v) is 4.91. The number of nitriles is 1. The molecule has 1 heterocycles. The Morgan fingerprint density at radius 1 is 1.11 bits per heavy atom. The van der Waals surface area contributed by atoms with Gasteiger partial charge in [-0.3, -0.25) is 0 Å². The third kappa shape index (κ3) is 3.38. The second-order valence-corrected chi connectivity index (χ2v) is 8.55. The summed E-state index contributed by atoms with van der Waals surface area (Å²) in [7, 11) is 0. The SMILES string of the molecule is CC(C)Oc1ccc(-c2ccc(-c3cccc4c3CC[C@H]4C)s2)cc1C#N. The van der Waals surface area contributed by atoms with E-state index in [9.17, 15) is 5.26 Å². The van der Waals surface area contributed by atoms with Crippen LogP contribution < -0.4 is 4.74 Å². The van der Waals surface area contributed by atoms with Gasteiger partial charge in [-0.05, 0) is 85.2 Å². The zero-order valence-electron chi connectivity index (χ0n) is 16.0. The van der Waals surface area contributed by atoms with Crippen LogP contribution >= 0.6 is 11.3 Å². The molecule has 136 valence electrons.